The smallest absolute Gasteiger partial charge is 0.246 e. The minimum atomic E-state index is -0.125. The van der Waals surface area contributed by atoms with E-state index in [1.165, 1.54) is 0 Å². The lowest BCUT2D eigenvalue weighted by atomic mass is 9.91. The number of benzene rings is 2. The lowest BCUT2D eigenvalue weighted by Gasteiger charge is -2.36. The largest absolute Gasteiger partial charge is 0.495 e. The minimum Gasteiger partial charge on any atom is -0.495 e. The third-order valence-electron chi connectivity index (χ3n) is 6.92. The van der Waals surface area contributed by atoms with Crippen LogP contribution in [-0.2, 0) is 14.4 Å². The van der Waals surface area contributed by atoms with Crippen LogP contribution in [0.15, 0.2) is 60.7 Å². The highest BCUT2D eigenvalue weighted by Crippen LogP contribution is 2.27. The van der Waals surface area contributed by atoms with Gasteiger partial charge in [-0.25, -0.2) is 0 Å². The van der Waals surface area contributed by atoms with Gasteiger partial charge in [-0.15, -0.1) is 0 Å². The van der Waals surface area contributed by atoms with Crippen LogP contribution in [0.1, 0.15) is 31.2 Å². The van der Waals surface area contributed by atoms with Crippen molar-refractivity contribution in [1.29, 1.82) is 0 Å². The van der Waals surface area contributed by atoms with Crippen molar-refractivity contribution in [2.45, 2.75) is 25.7 Å². The number of amides is 3. The first-order valence-corrected chi connectivity index (χ1v) is 12.3. The number of hydrogen-bond donors (Lipinski definition) is 1. The summed E-state index contributed by atoms with van der Waals surface area (Å²) in [6.07, 6.45) is 6.09. The van der Waals surface area contributed by atoms with Gasteiger partial charge in [-0.05, 0) is 49.5 Å². The molecule has 2 saturated heterocycles. The molecule has 1 N–H and O–H groups in total. The molecule has 0 bridgehead atoms. The van der Waals surface area contributed by atoms with Gasteiger partial charge in [0.1, 0.15) is 5.75 Å². The normalized spacial score (nSPS) is 17.4. The van der Waals surface area contributed by atoms with E-state index in [2.05, 4.69) is 5.32 Å². The van der Waals surface area contributed by atoms with Crippen molar-refractivity contribution < 1.29 is 19.1 Å². The molecule has 3 amide bonds. The number of para-hydroxylation sites is 2. The number of nitrogens with zero attached hydrogens (tertiary/aromatic N) is 2. The Morgan fingerprint density at radius 3 is 2.11 bits per heavy atom. The van der Waals surface area contributed by atoms with E-state index < -0.39 is 0 Å². The Hall–Kier alpha value is -3.61. The maximum atomic E-state index is 13.1. The number of piperidine rings is 2. The van der Waals surface area contributed by atoms with E-state index in [4.69, 9.17) is 4.74 Å². The summed E-state index contributed by atoms with van der Waals surface area (Å²) >= 11 is 0. The summed E-state index contributed by atoms with van der Waals surface area (Å²) in [4.78, 5) is 42.1. The Bertz CT molecular complexity index is 1050. The third-order valence-corrected chi connectivity index (χ3v) is 6.92. The topological polar surface area (TPSA) is 79.0 Å². The molecule has 0 saturated carbocycles. The van der Waals surface area contributed by atoms with Crippen LogP contribution in [0.5, 0.6) is 5.75 Å². The van der Waals surface area contributed by atoms with Gasteiger partial charge in [-0.1, -0.05) is 42.5 Å². The van der Waals surface area contributed by atoms with E-state index in [1.54, 1.807) is 13.2 Å². The number of carbonyl (C=O) groups excluding carboxylic acids is 3. The molecule has 0 aromatic heterocycles. The highest BCUT2D eigenvalue weighted by atomic mass is 16.5. The van der Waals surface area contributed by atoms with Crippen molar-refractivity contribution in [3.63, 3.8) is 0 Å². The monoisotopic (exact) mass is 475 g/mol. The molecule has 2 aliphatic rings. The second-order valence-corrected chi connectivity index (χ2v) is 9.13. The average Bonchev–Trinajstić information content (AvgIpc) is 2.92. The number of methoxy groups -OCH3 is 1. The van der Waals surface area contributed by atoms with E-state index in [0.29, 0.717) is 63.3 Å². The second-order valence-electron chi connectivity index (χ2n) is 9.13. The van der Waals surface area contributed by atoms with Gasteiger partial charge in [0.05, 0.1) is 12.8 Å². The summed E-state index contributed by atoms with van der Waals surface area (Å²) in [7, 11) is 1.58. The molecule has 0 radical (unpaired) electrons. The molecule has 0 spiro atoms. The van der Waals surface area contributed by atoms with E-state index in [9.17, 15) is 14.4 Å². The second kappa shape index (κ2) is 11.7. The molecule has 7 heteroatoms. The van der Waals surface area contributed by atoms with E-state index >= 15 is 0 Å². The highest BCUT2D eigenvalue weighted by molar-refractivity contribution is 5.94. The maximum Gasteiger partial charge on any atom is 0.246 e. The Balaban J connectivity index is 1.21. The molecule has 2 aromatic carbocycles. The fourth-order valence-corrected chi connectivity index (χ4v) is 4.79. The van der Waals surface area contributed by atoms with Crippen molar-refractivity contribution in [2.24, 2.45) is 11.8 Å². The van der Waals surface area contributed by atoms with Crippen molar-refractivity contribution in [3.05, 3.63) is 66.2 Å². The molecular formula is C28H33N3O4. The van der Waals surface area contributed by atoms with Crippen LogP contribution in [0.4, 0.5) is 5.69 Å². The predicted molar refractivity (Wildman–Crippen MR) is 136 cm³/mol. The van der Waals surface area contributed by atoms with Gasteiger partial charge in [0.2, 0.25) is 17.7 Å². The fourth-order valence-electron chi connectivity index (χ4n) is 4.79. The van der Waals surface area contributed by atoms with Crippen LogP contribution < -0.4 is 10.1 Å². The zero-order valence-electron chi connectivity index (χ0n) is 20.2. The van der Waals surface area contributed by atoms with Gasteiger partial charge >= 0.3 is 0 Å². The molecule has 35 heavy (non-hydrogen) atoms. The summed E-state index contributed by atoms with van der Waals surface area (Å²) in [6, 6.07) is 17.1. The van der Waals surface area contributed by atoms with Crippen LogP contribution in [0, 0.1) is 11.8 Å². The molecule has 0 aliphatic carbocycles. The van der Waals surface area contributed by atoms with Crippen LogP contribution in [0.2, 0.25) is 0 Å². The molecule has 2 aliphatic heterocycles. The lowest BCUT2D eigenvalue weighted by molar-refractivity contribution is -0.141. The van der Waals surface area contributed by atoms with Crippen LogP contribution in [-0.4, -0.2) is 60.8 Å². The quantitative estimate of drug-likeness (QED) is 0.644. The zero-order valence-corrected chi connectivity index (χ0v) is 20.2. The van der Waals surface area contributed by atoms with Crippen molar-refractivity contribution in [3.8, 4) is 5.75 Å². The van der Waals surface area contributed by atoms with E-state index in [-0.39, 0.29) is 29.6 Å². The standard InChI is InChI=1S/C28H33N3O4/c1-35-25-10-6-5-9-24(25)29-27(33)22-13-19-31(20-14-22)28(34)23-15-17-30(18-16-23)26(32)12-11-21-7-3-2-4-8-21/h2-12,22-23H,13-20H2,1H3,(H,29,33)/b12-11+. The summed E-state index contributed by atoms with van der Waals surface area (Å²) < 4.78 is 5.31. The van der Waals surface area contributed by atoms with E-state index in [0.717, 1.165) is 5.56 Å². The SMILES string of the molecule is COc1ccccc1NC(=O)C1CCN(C(=O)C2CCN(C(=O)/C=C/c3ccccc3)CC2)CC1. The number of rotatable bonds is 6. The number of nitrogens with one attached hydrogen (secondary N) is 1. The Kier molecular flexibility index (Phi) is 8.19. The predicted octanol–water partition coefficient (Wildman–Crippen LogP) is 3.82. The molecule has 184 valence electrons. The van der Waals surface area contributed by atoms with Crippen LogP contribution >= 0.6 is 0 Å². The van der Waals surface area contributed by atoms with Crippen LogP contribution in [0.3, 0.4) is 0 Å². The number of ether oxygens (including phenoxy) is 1. The molecular weight excluding hydrogens is 442 g/mol. The third kappa shape index (κ3) is 6.29. The Labute approximate surface area is 206 Å². The number of carbonyl (C=O) groups is 3. The Morgan fingerprint density at radius 2 is 1.43 bits per heavy atom. The van der Waals surface area contributed by atoms with Gasteiger partial charge in [0.25, 0.3) is 0 Å². The molecule has 4 rings (SSSR count). The molecule has 0 atom stereocenters. The summed E-state index contributed by atoms with van der Waals surface area (Å²) in [5, 5.41) is 2.96. The van der Waals surface area contributed by atoms with Crippen molar-refractivity contribution in [2.75, 3.05) is 38.6 Å². The van der Waals surface area contributed by atoms with Crippen molar-refractivity contribution in [1.82, 2.24) is 9.80 Å². The minimum absolute atomic E-state index is 0.0124. The number of hydrogen-bond acceptors (Lipinski definition) is 4. The van der Waals surface area contributed by atoms with Gasteiger partial charge in [0, 0.05) is 44.1 Å². The molecule has 2 fully saturated rings. The average molecular weight is 476 g/mol. The first kappa shape index (κ1) is 24.5. The first-order chi connectivity index (χ1) is 17.0. The summed E-state index contributed by atoms with van der Waals surface area (Å²) in [6.45, 7) is 2.35. The molecule has 2 heterocycles. The summed E-state index contributed by atoms with van der Waals surface area (Å²) in [5.41, 5.74) is 1.66. The lowest BCUT2D eigenvalue weighted by Crippen LogP contribution is -2.47. The molecule has 7 nitrogen and oxygen atoms in total. The van der Waals surface area contributed by atoms with Gasteiger partial charge in [-0.3, -0.25) is 14.4 Å². The van der Waals surface area contributed by atoms with Gasteiger partial charge in [-0.2, -0.15) is 0 Å². The number of likely N-dealkylation sites (tertiary alicyclic amines) is 2. The number of anilines is 1. The van der Waals surface area contributed by atoms with Crippen LogP contribution in [0.25, 0.3) is 6.08 Å². The summed E-state index contributed by atoms with van der Waals surface area (Å²) in [5.74, 6) is 0.559. The Morgan fingerprint density at radius 1 is 0.829 bits per heavy atom. The molecule has 2 aromatic rings. The van der Waals surface area contributed by atoms with Gasteiger partial charge < -0.3 is 19.9 Å². The molecule has 0 unspecified atom stereocenters. The van der Waals surface area contributed by atoms with Crippen molar-refractivity contribution >= 4 is 29.5 Å². The fraction of sp³-hybridized carbons (Fsp3) is 0.393. The maximum absolute atomic E-state index is 13.1. The van der Waals surface area contributed by atoms with Gasteiger partial charge in [0.15, 0.2) is 0 Å². The first-order valence-electron chi connectivity index (χ1n) is 12.3. The van der Waals surface area contributed by atoms with E-state index in [1.807, 2.05) is 70.5 Å². The highest BCUT2D eigenvalue weighted by Gasteiger charge is 2.33. The zero-order chi connectivity index (χ0) is 24.6.